The van der Waals surface area contributed by atoms with Gasteiger partial charge in [-0.2, -0.15) is 5.10 Å². The van der Waals surface area contributed by atoms with Crippen molar-refractivity contribution in [2.45, 2.75) is 6.92 Å². The number of hydrogen-bond acceptors (Lipinski definition) is 5. The van der Waals surface area contributed by atoms with Gasteiger partial charge in [-0.15, -0.1) is 0 Å². The predicted octanol–water partition coefficient (Wildman–Crippen LogP) is 4.21. The minimum Gasteiger partial charge on any atom is -0.452 e. The van der Waals surface area contributed by atoms with E-state index < -0.39 is 24.4 Å². The topological polar surface area (TPSA) is 96.9 Å². The number of benzene rings is 3. The van der Waals surface area contributed by atoms with Crippen LogP contribution in [0.25, 0.3) is 0 Å². The molecule has 3 rings (SSSR count). The predicted molar refractivity (Wildman–Crippen MR) is 123 cm³/mol. The molecule has 0 aliphatic rings. The van der Waals surface area contributed by atoms with E-state index >= 15 is 0 Å². The van der Waals surface area contributed by atoms with Crippen LogP contribution in [0.5, 0.6) is 0 Å². The number of aryl methyl sites for hydroxylation is 1. The fraction of sp³-hybridized carbons (Fsp3) is 0.0833. The van der Waals surface area contributed by atoms with E-state index in [2.05, 4.69) is 15.8 Å². The third kappa shape index (κ3) is 6.78. The number of hydrogen-bond donors (Lipinski definition) is 2. The van der Waals surface area contributed by atoms with E-state index in [1.165, 1.54) is 12.3 Å². The van der Waals surface area contributed by atoms with E-state index in [4.69, 9.17) is 16.3 Å². The van der Waals surface area contributed by atoms with Crippen molar-refractivity contribution in [2.75, 3.05) is 11.9 Å². The summed E-state index contributed by atoms with van der Waals surface area (Å²) in [6.07, 6.45) is 1.44. The SMILES string of the molecule is Cc1ccc(NC(=O)COC(=O)c2ccc(/C=N/NC(=O)c3cccc(Cl)c3)cc2)cc1. The first kappa shape index (κ1) is 22.7. The van der Waals surface area contributed by atoms with Crippen molar-refractivity contribution in [3.05, 3.63) is 100 Å². The standard InChI is InChI=1S/C24H20ClN3O4/c1-16-5-11-21(12-6-16)27-22(29)15-32-24(31)18-9-7-17(8-10-18)14-26-28-23(30)19-3-2-4-20(25)13-19/h2-14H,15H2,1H3,(H,27,29)(H,28,30)/b26-14+. The molecule has 162 valence electrons. The molecule has 0 radical (unpaired) electrons. The number of hydrazone groups is 1. The van der Waals surface area contributed by atoms with Crippen LogP contribution in [-0.2, 0) is 9.53 Å². The summed E-state index contributed by atoms with van der Waals surface area (Å²) in [5.41, 5.74) is 5.44. The van der Waals surface area contributed by atoms with Crippen LogP contribution in [0.3, 0.4) is 0 Å². The van der Waals surface area contributed by atoms with E-state index in [9.17, 15) is 14.4 Å². The first-order valence-corrected chi connectivity index (χ1v) is 10.0. The summed E-state index contributed by atoms with van der Waals surface area (Å²) >= 11 is 5.86. The average molecular weight is 450 g/mol. The zero-order valence-electron chi connectivity index (χ0n) is 17.2. The smallest absolute Gasteiger partial charge is 0.338 e. The molecule has 2 amide bonds. The van der Waals surface area contributed by atoms with Crippen LogP contribution in [0.4, 0.5) is 5.69 Å². The first-order valence-electron chi connectivity index (χ1n) is 9.63. The number of carbonyl (C=O) groups is 3. The molecule has 7 nitrogen and oxygen atoms in total. The van der Waals surface area contributed by atoms with Gasteiger partial charge in [-0.25, -0.2) is 10.2 Å². The lowest BCUT2D eigenvalue weighted by Crippen LogP contribution is -2.20. The normalized spacial score (nSPS) is 10.6. The minimum atomic E-state index is -0.623. The molecule has 0 aliphatic heterocycles. The highest BCUT2D eigenvalue weighted by atomic mass is 35.5. The first-order chi connectivity index (χ1) is 15.4. The maximum Gasteiger partial charge on any atom is 0.338 e. The lowest BCUT2D eigenvalue weighted by molar-refractivity contribution is -0.119. The zero-order valence-corrected chi connectivity index (χ0v) is 17.9. The maximum absolute atomic E-state index is 12.1. The second kappa shape index (κ2) is 10.9. The molecular weight excluding hydrogens is 430 g/mol. The molecule has 2 N–H and O–H groups in total. The third-order valence-corrected chi connectivity index (χ3v) is 4.52. The van der Waals surface area contributed by atoms with Gasteiger partial charge in [0.05, 0.1) is 11.8 Å². The van der Waals surface area contributed by atoms with Gasteiger partial charge in [-0.3, -0.25) is 9.59 Å². The minimum absolute atomic E-state index is 0.285. The summed E-state index contributed by atoms with van der Waals surface area (Å²) in [5, 5.41) is 7.00. The van der Waals surface area contributed by atoms with Gasteiger partial charge in [0.25, 0.3) is 11.8 Å². The lowest BCUT2D eigenvalue weighted by atomic mass is 10.1. The highest BCUT2D eigenvalue weighted by Gasteiger charge is 2.10. The van der Waals surface area contributed by atoms with E-state index in [-0.39, 0.29) is 5.56 Å². The monoisotopic (exact) mass is 449 g/mol. The fourth-order valence-electron chi connectivity index (χ4n) is 2.61. The quantitative estimate of drug-likeness (QED) is 0.321. The van der Waals surface area contributed by atoms with Gasteiger partial charge in [0.1, 0.15) is 0 Å². The van der Waals surface area contributed by atoms with Crippen molar-refractivity contribution in [3.8, 4) is 0 Å². The summed E-state index contributed by atoms with van der Waals surface area (Å²) in [6.45, 7) is 1.55. The molecule has 0 aromatic heterocycles. The summed E-state index contributed by atoms with van der Waals surface area (Å²) in [5.74, 6) is -1.45. The maximum atomic E-state index is 12.1. The van der Waals surface area contributed by atoms with Crippen molar-refractivity contribution in [2.24, 2.45) is 5.10 Å². The number of halogens is 1. The van der Waals surface area contributed by atoms with Gasteiger partial charge in [-0.1, -0.05) is 47.5 Å². The number of anilines is 1. The number of nitrogens with one attached hydrogen (secondary N) is 2. The van der Waals surface area contributed by atoms with Crippen molar-refractivity contribution in [1.82, 2.24) is 5.43 Å². The van der Waals surface area contributed by atoms with E-state index in [0.29, 0.717) is 21.8 Å². The molecule has 0 spiro atoms. The number of carbonyl (C=O) groups excluding carboxylic acids is 3. The highest BCUT2D eigenvalue weighted by Crippen LogP contribution is 2.11. The third-order valence-electron chi connectivity index (χ3n) is 4.28. The van der Waals surface area contributed by atoms with Gasteiger partial charge in [-0.05, 0) is 55.0 Å². The Balaban J connectivity index is 1.47. The molecule has 0 aliphatic carbocycles. The van der Waals surface area contributed by atoms with Crippen molar-refractivity contribution >= 4 is 41.3 Å². The summed E-state index contributed by atoms with van der Waals surface area (Å²) < 4.78 is 5.04. The summed E-state index contributed by atoms with van der Waals surface area (Å²) in [4.78, 5) is 36.1. The molecule has 0 unspecified atom stereocenters. The lowest BCUT2D eigenvalue weighted by Gasteiger charge is -2.07. The molecule has 0 bridgehead atoms. The van der Waals surface area contributed by atoms with E-state index in [1.807, 2.05) is 19.1 Å². The Morgan fingerprint density at radius 2 is 1.69 bits per heavy atom. The molecule has 8 heteroatoms. The van der Waals surface area contributed by atoms with Gasteiger partial charge in [0.2, 0.25) is 0 Å². The Morgan fingerprint density at radius 1 is 0.969 bits per heavy atom. The second-order valence-corrected chi connectivity index (χ2v) is 7.26. The second-order valence-electron chi connectivity index (χ2n) is 6.82. The van der Waals surface area contributed by atoms with Crippen LogP contribution in [0, 0.1) is 6.92 Å². The number of amides is 2. The fourth-order valence-corrected chi connectivity index (χ4v) is 2.80. The van der Waals surface area contributed by atoms with Crippen LogP contribution >= 0.6 is 11.6 Å². The summed E-state index contributed by atoms with van der Waals surface area (Å²) in [6, 6.07) is 20.1. The zero-order chi connectivity index (χ0) is 22.9. The Kier molecular flexibility index (Phi) is 7.72. The molecule has 0 fully saturated rings. The van der Waals surface area contributed by atoms with Crippen LogP contribution in [0.1, 0.15) is 31.8 Å². The molecule has 0 heterocycles. The largest absolute Gasteiger partial charge is 0.452 e. The Bertz CT molecular complexity index is 1140. The van der Waals surface area contributed by atoms with Crippen LogP contribution in [0.15, 0.2) is 77.9 Å². The van der Waals surface area contributed by atoms with Gasteiger partial charge in [0.15, 0.2) is 6.61 Å². The van der Waals surface area contributed by atoms with Crippen LogP contribution in [-0.4, -0.2) is 30.6 Å². The van der Waals surface area contributed by atoms with Crippen LogP contribution in [0.2, 0.25) is 5.02 Å². The van der Waals surface area contributed by atoms with Gasteiger partial charge < -0.3 is 10.1 Å². The number of rotatable bonds is 7. The molecule has 0 saturated heterocycles. The molecule has 0 atom stereocenters. The van der Waals surface area contributed by atoms with Crippen LogP contribution < -0.4 is 10.7 Å². The molecule has 3 aromatic rings. The molecule has 3 aromatic carbocycles. The van der Waals surface area contributed by atoms with Crippen molar-refractivity contribution < 1.29 is 19.1 Å². The average Bonchev–Trinajstić information content (AvgIpc) is 2.79. The number of esters is 1. The molecule has 32 heavy (non-hydrogen) atoms. The number of ether oxygens (including phenoxy) is 1. The Morgan fingerprint density at radius 3 is 2.38 bits per heavy atom. The van der Waals surface area contributed by atoms with Crippen molar-refractivity contribution in [1.29, 1.82) is 0 Å². The Labute approximate surface area is 190 Å². The molecular formula is C24H20ClN3O4. The summed E-state index contributed by atoms with van der Waals surface area (Å²) in [7, 11) is 0. The molecule has 0 saturated carbocycles. The highest BCUT2D eigenvalue weighted by molar-refractivity contribution is 6.30. The van der Waals surface area contributed by atoms with Gasteiger partial charge in [0, 0.05) is 16.3 Å². The van der Waals surface area contributed by atoms with Gasteiger partial charge >= 0.3 is 5.97 Å². The van der Waals surface area contributed by atoms with E-state index in [0.717, 1.165) is 5.56 Å². The Hall–Kier alpha value is -3.97. The van der Waals surface area contributed by atoms with Crippen molar-refractivity contribution in [3.63, 3.8) is 0 Å². The van der Waals surface area contributed by atoms with E-state index in [1.54, 1.807) is 54.6 Å². The number of nitrogens with zero attached hydrogens (tertiary/aromatic N) is 1.